The number of hydrogen-bond acceptors (Lipinski definition) is 6. The van der Waals surface area contributed by atoms with Crippen molar-refractivity contribution in [2.24, 2.45) is 5.92 Å². The quantitative estimate of drug-likeness (QED) is 0.860. The molecule has 0 amide bonds. The molecule has 3 N–H and O–H groups in total. The predicted octanol–water partition coefficient (Wildman–Crippen LogP) is 2.29. The molecule has 1 aliphatic carbocycles. The highest BCUT2D eigenvalue weighted by Crippen LogP contribution is 2.29. The predicted molar refractivity (Wildman–Crippen MR) is 82.8 cm³/mol. The summed E-state index contributed by atoms with van der Waals surface area (Å²) in [6.07, 6.45) is 7.62. The molecule has 1 fully saturated rings. The fourth-order valence-corrected chi connectivity index (χ4v) is 2.83. The van der Waals surface area contributed by atoms with Crippen LogP contribution in [0, 0.1) is 5.92 Å². The van der Waals surface area contributed by atoms with Crippen molar-refractivity contribution in [3.05, 3.63) is 0 Å². The molecule has 0 saturated heterocycles. The van der Waals surface area contributed by atoms with Crippen LogP contribution in [-0.2, 0) is 0 Å². The van der Waals surface area contributed by atoms with E-state index in [4.69, 9.17) is 5.73 Å². The van der Waals surface area contributed by atoms with E-state index >= 15 is 0 Å². The Balaban J connectivity index is 1.94. The maximum atomic E-state index is 5.74. The monoisotopic (exact) mass is 278 g/mol. The van der Waals surface area contributed by atoms with Crippen molar-refractivity contribution in [2.75, 3.05) is 30.0 Å². The van der Waals surface area contributed by atoms with Crippen LogP contribution in [0.2, 0.25) is 0 Å². The van der Waals surface area contributed by atoms with Gasteiger partial charge < -0.3 is 16.0 Å². The minimum atomic E-state index is 0.269. The average Bonchev–Trinajstić information content (AvgIpc) is 2.40. The first-order chi connectivity index (χ1) is 9.58. The second-order valence-corrected chi connectivity index (χ2v) is 5.86. The lowest BCUT2D eigenvalue weighted by atomic mass is 9.83. The molecule has 1 aromatic rings. The molecule has 1 heterocycles. The zero-order valence-electron chi connectivity index (χ0n) is 12.8. The van der Waals surface area contributed by atoms with Crippen LogP contribution in [0.3, 0.4) is 0 Å². The van der Waals surface area contributed by atoms with Crippen LogP contribution >= 0.6 is 0 Å². The fourth-order valence-electron chi connectivity index (χ4n) is 2.83. The minimum Gasteiger partial charge on any atom is -0.368 e. The van der Waals surface area contributed by atoms with E-state index in [-0.39, 0.29) is 5.95 Å². The molecule has 1 aromatic heterocycles. The van der Waals surface area contributed by atoms with Crippen LogP contribution in [0.25, 0.3) is 0 Å². The van der Waals surface area contributed by atoms with Gasteiger partial charge in [0.1, 0.15) is 0 Å². The molecule has 2 rings (SSSR count). The van der Waals surface area contributed by atoms with Gasteiger partial charge in [0, 0.05) is 20.1 Å². The molecule has 112 valence electrons. The van der Waals surface area contributed by atoms with Crippen molar-refractivity contribution >= 4 is 17.8 Å². The number of nitrogens with zero attached hydrogens (tertiary/aromatic N) is 4. The Bertz CT molecular complexity index is 426. The number of nitrogens with one attached hydrogen (secondary N) is 1. The summed E-state index contributed by atoms with van der Waals surface area (Å²) in [5, 5.41) is 3.41. The molecule has 0 radical (unpaired) electrons. The molecule has 6 nitrogen and oxygen atoms in total. The van der Waals surface area contributed by atoms with E-state index < -0.39 is 0 Å². The second-order valence-electron chi connectivity index (χ2n) is 5.86. The van der Waals surface area contributed by atoms with Crippen LogP contribution in [0.4, 0.5) is 17.8 Å². The van der Waals surface area contributed by atoms with Crippen molar-refractivity contribution in [1.82, 2.24) is 15.0 Å². The SMILES string of the molecule is CCCC1CCC(Nc2nc(N)nc(N(C)C)n2)CC1. The summed E-state index contributed by atoms with van der Waals surface area (Å²) in [5.41, 5.74) is 5.74. The molecule has 1 saturated carbocycles. The van der Waals surface area contributed by atoms with Gasteiger partial charge in [-0.05, 0) is 31.6 Å². The third-order valence-electron chi connectivity index (χ3n) is 3.92. The molecule has 6 heteroatoms. The van der Waals surface area contributed by atoms with Gasteiger partial charge in [-0.3, -0.25) is 0 Å². The number of nitrogens with two attached hydrogens (primary N) is 1. The van der Waals surface area contributed by atoms with E-state index in [9.17, 15) is 0 Å². The van der Waals surface area contributed by atoms with Gasteiger partial charge in [-0.2, -0.15) is 15.0 Å². The number of anilines is 3. The summed E-state index contributed by atoms with van der Waals surface area (Å²) in [6, 6.07) is 0.458. The lowest BCUT2D eigenvalue weighted by Gasteiger charge is -2.29. The van der Waals surface area contributed by atoms with Crippen LogP contribution in [-0.4, -0.2) is 35.1 Å². The van der Waals surface area contributed by atoms with Crippen LogP contribution in [0.1, 0.15) is 45.4 Å². The first-order valence-corrected chi connectivity index (χ1v) is 7.54. The Hall–Kier alpha value is -1.59. The Morgan fingerprint density at radius 3 is 2.45 bits per heavy atom. The van der Waals surface area contributed by atoms with Gasteiger partial charge >= 0.3 is 0 Å². The molecule has 0 aliphatic heterocycles. The first-order valence-electron chi connectivity index (χ1n) is 7.54. The Kier molecular flexibility index (Phi) is 4.98. The lowest BCUT2D eigenvalue weighted by Crippen LogP contribution is -2.27. The Morgan fingerprint density at radius 1 is 1.15 bits per heavy atom. The highest BCUT2D eigenvalue weighted by Gasteiger charge is 2.21. The van der Waals surface area contributed by atoms with Gasteiger partial charge in [-0.25, -0.2) is 0 Å². The van der Waals surface area contributed by atoms with Crippen molar-refractivity contribution in [2.45, 2.75) is 51.5 Å². The normalized spacial score (nSPS) is 22.6. The van der Waals surface area contributed by atoms with Gasteiger partial charge in [0.2, 0.25) is 17.8 Å². The van der Waals surface area contributed by atoms with Crippen LogP contribution in [0.5, 0.6) is 0 Å². The minimum absolute atomic E-state index is 0.269. The van der Waals surface area contributed by atoms with E-state index in [0.717, 1.165) is 5.92 Å². The molecule has 0 unspecified atom stereocenters. The van der Waals surface area contributed by atoms with Gasteiger partial charge in [0.25, 0.3) is 0 Å². The van der Waals surface area contributed by atoms with Crippen LogP contribution < -0.4 is 16.0 Å². The molecule has 0 bridgehead atoms. The van der Waals surface area contributed by atoms with E-state index in [1.807, 2.05) is 19.0 Å². The summed E-state index contributed by atoms with van der Waals surface area (Å²) in [5.74, 6) is 2.37. The van der Waals surface area contributed by atoms with E-state index in [1.54, 1.807) is 0 Å². The van der Waals surface area contributed by atoms with E-state index in [0.29, 0.717) is 17.9 Å². The number of hydrogen-bond donors (Lipinski definition) is 2. The Morgan fingerprint density at radius 2 is 1.85 bits per heavy atom. The number of aromatic nitrogens is 3. The van der Waals surface area contributed by atoms with E-state index in [2.05, 4.69) is 27.2 Å². The third-order valence-corrected chi connectivity index (χ3v) is 3.92. The fraction of sp³-hybridized carbons (Fsp3) is 0.786. The standard InChI is InChI=1S/C14H26N6/c1-4-5-10-6-8-11(9-7-10)16-13-17-12(15)18-14(19-13)20(2)3/h10-11H,4-9H2,1-3H3,(H3,15,16,17,18,19). The molecule has 0 spiro atoms. The summed E-state index contributed by atoms with van der Waals surface area (Å²) >= 11 is 0. The molecular weight excluding hydrogens is 252 g/mol. The topological polar surface area (TPSA) is 80.0 Å². The highest BCUT2D eigenvalue weighted by atomic mass is 15.3. The molecular formula is C14H26N6. The van der Waals surface area contributed by atoms with E-state index in [1.165, 1.54) is 38.5 Å². The maximum absolute atomic E-state index is 5.74. The molecule has 0 atom stereocenters. The largest absolute Gasteiger partial charge is 0.368 e. The first kappa shape index (κ1) is 14.8. The smallest absolute Gasteiger partial charge is 0.231 e. The van der Waals surface area contributed by atoms with Crippen molar-refractivity contribution in [3.8, 4) is 0 Å². The molecule has 0 aromatic carbocycles. The van der Waals surface area contributed by atoms with Crippen molar-refractivity contribution in [3.63, 3.8) is 0 Å². The Labute approximate surface area is 121 Å². The molecule has 1 aliphatic rings. The molecule has 20 heavy (non-hydrogen) atoms. The second kappa shape index (κ2) is 6.72. The van der Waals surface area contributed by atoms with Crippen molar-refractivity contribution in [1.29, 1.82) is 0 Å². The third kappa shape index (κ3) is 3.95. The van der Waals surface area contributed by atoms with Gasteiger partial charge in [0.15, 0.2) is 0 Å². The van der Waals surface area contributed by atoms with Gasteiger partial charge in [-0.15, -0.1) is 0 Å². The number of rotatable bonds is 5. The number of nitrogen functional groups attached to an aromatic ring is 1. The van der Waals surface area contributed by atoms with Crippen LogP contribution in [0.15, 0.2) is 0 Å². The van der Waals surface area contributed by atoms with Gasteiger partial charge in [0.05, 0.1) is 0 Å². The highest BCUT2D eigenvalue weighted by molar-refractivity contribution is 5.41. The summed E-state index contributed by atoms with van der Waals surface area (Å²) in [7, 11) is 3.79. The maximum Gasteiger partial charge on any atom is 0.231 e. The van der Waals surface area contributed by atoms with Crippen molar-refractivity contribution < 1.29 is 0 Å². The summed E-state index contributed by atoms with van der Waals surface area (Å²) in [6.45, 7) is 2.26. The summed E-state index contributed by atoms with van der Waals surface area (Å²) in [4.78, 5) is 14.5. The zero-order valence-corrected chi connectivity index (χ0v) is 12.8. The van der Waals surface area contributed by atoms with Gasteiger partial charge in [-0.1, -0.05) is 19.8 Å². The zero-order chi connectivity index (χ0) is 14.5. The average molecular weight is 278 g/mol. The summed E-state index contributed by atoms with van der Waals surface area (Å²) < 4.78 is 0. The lowest BCUT2D eigenvalue weighted by molar-refractivity contribution is 0.318.